The first-order chi connectivity index (χ1) is 20.8. The lowest BCUT2D eigenvalue weighted by Gasteiger charge is -2.36. The first kappa shape index (κ1) is 32.5. The molecule has 0 radical (unpaired) electrons. The Morgan fingerprint density at radius 2 is 1.93 bits per heavy atom. The van der Waals surface area contributed by atoms with Gasteiger partial charge in [0.1, 0.15) is 12.6 Å². The molecule has 2 N–H and O–H groups in total. The molecule has 0 fully saturated rings. The van der Waals surface area contributed by atoms with Crippen molar-refractivity contribution in [2.24, 2.45) is 0 Å². The van der Waals surface area contributed by atoms with Crippen LogP contribution >= 0.6 is 0 Å². The molecular weight excluding hydrogens is 581 g/mol. The Balaban J connectivity index is 1.86. The zero-order chi connectivity index (χ0) is 32.2. The number of halogens is 3. The highest BCUT2D eigenvalue weighted by atomic mass is 19.4. The first-order valence-corrected chi connectivity index (χ1v) is 13.8. The molecule has 0 bridgehead atoms. The number of carbonyl (C=O) groups excluding carboxylic acids is 1. The molecule has 0 aliphatic carbocycles. The fourth-order valence-corrected chi connectivity index (χ4v) is 5.25. The Morgan fingerprint density at radius 1 is 1.18 bits per heavy atom. The molecule has 4 rings (SSSR count). The number of quaternary nitrogens is 1. The monoisotopic (exact) mass is 615 g/mol. The number of anilines is 2. The minimum Gasteiger partial charge on any atom is -0.466 e. The van der Waals surface area contributed by atoms with Crippen molar-refractivity contribution < 1.29 is 37.0 Å². The highest BCUT2D eigenvalue weighted by molar-refractivity contribution is 5.93. The van der Waals surface area contributed by atoms with Crippen LogP contribution in [-0.4, -0.2) is 84.4 Å². The molecule has 2 heterocycles. The molecule has 1 aromatic heterocycles. The number of rotatable bonds is 11. The summed E-state index contributed by atoms with van der Waals surface area (Å²) >= 11 is 0. The van der Waals surface area contributed by atoms with Gasteiger partial charge < -0.3 is 19.1 Å². The fraction of sp³-hybridized carbons (Fsp3) is 0.400. The largest absolute Gasteiger partial charge is 0.466 e. The lowest BCUT2D eigenvalue weighted by molar-refractivity contribution is -0.890. The Hall–Kier alpha value is -4.45. The number of ether oxygens (including phenoxy) is 2. The van der Waals surface area contributed by atoms with Gasteiger partial charge in [-0.1, -0.05) is 12.1 Å². The number of H-pyrrole nitrogens is 1. The smallest absolute Gasteiger partial charge is 0.416 e. The molecule has 14 heteroatoms. The lowest BCUT2D eigenvalue weighted by atomic mass is 9.89. The van der Waals surface area contributed by atoms with E-state index in [4.69, 9.17) is 14.6 Å². The summed E-state index contributed by atoms with van der Waals surface area (Å²) in [7, 11) is 5.19. The van der Waals surface area contributed by atoms with Crippen molar-refractivity contribution in [3.8, 4) is 6.07 Å². The molecule has 3 aromatic rings. The summed E-state index contributed by atoms with van der Waals surface area (Å²) in [5.74, 6) is -0.799. The number of aliphatic hydroxyl groups excluding tert-OH is 1. The number of aliphatic hydroxyl groups is 1. The summed E-state index contributed by atoms with van der Waals surface area (Å²) in [5, 5.41) is 25.2. The second kappa shape index (κ2) is 13.0. The van der Waals surface area contributed by atoms with Crippen molar-refractivity contribution in [2.75, 3.05) is 59.0 Å². The number of nitrogens with zero attached hydrogens (tertiary/aromatic N) is 5. The summed E-state index contributed by atoms with van der Waals surface area (Å²) < 4.78 is 53.2. The molecule has 0 saturated carbocycles. The van der Waals surface area contributed by atoms with E-state index in [1.165, 1.54) is 28.7 Å². The third-order valence-electron chi connectivity index (χ3n) is 7.61. The number of hydrogen-bond donors (Lipinski definition) is 2. The van der Waals surface area contributed by atoms with E-state index in [1.54, 1.807) is 25.1 Å². The highest BCUT2D eigenvalue weighted by Gasteiger charge is 2.41. The van der Waals surface area contributed by atoms with E-state index in [0.29, 0.717) is 47.3 Å². The normalized spacial score (nSPS) is 15.2. The van der Waals surface area contributed by atoms with Gasteiger partial charge in [-0.15, -0.1) is 5.10 Å². The Bertz CT molecular complexity index is 1650. The topological polar surface area (TPSA) is 133 Å². The number of esters is 1. The number of methoxy groups -OCH3 is 1. The van der Waals surface area contributed by atoms with Gasteiger partial charge in [-0.05, 0) is 48.4 Å². The number of hydrogen-bond acceptors (Lipinski definition) is 8. The molecule has 234 valence electrons. The summed E-state index contributed by atoms with van der Waals surface area (Å²) in [6.45, 7) is 3.37. The van der Waals surface area contributed by atoms with Crippen molar-refractivity contribution in [3.63, 3.8) is 0 Å². The van der Waals surface area contributed by atoms with E-state index >= 15 is 0 Å². The van der Waals surface area contributed by atoms with Crippen LogP contribution in [0.5, 0.6) is 0 Å². The molecule has 1 aliphatic heterocycles. The maximum absolute atomic E-state index is 13.6. The first-order valence-electron chi connectivity index (χ1n) is 13.8. The van der Waals surface area contributed by atoms with E-state index in [9.17, 15) is 28.0 Å². The average molecular weight is 616 g/mol. The minimum absolute atomic E-state index is 0.0167. The molecule has 0 unspecified atom stereocenters. The van der Waals surface area contributed by atoms with Crippen molar-refractivity contribution in [2.45, 2.75) is 25.6 Å². The Labute approximate surface area is 251 Å². The van der Waals surface area contributed by atoms with Crippen molar-refractivity contribution in [1.29, 1.82) is 5.26 Å². The van der Waals surface area contributed by atoms with Gasteiger partial charge in [0, 0.05) is 17.8 Å². The van der Waals surface area contributed by atoms with Crippen LogP contribution in [0, 0.1) is 11.3 Å². The Morgan fingerprint density at radius 3 is 2.59 bits per heavy atom. The SMILES string of the molecule is COC(=O)C1=C(C)N(c2cccc(C(F)(F)F)c2)c2n[nH]c(=O)n2[C@@H]1c1ccc(C#N)cc1CC[N+](C)(C)CCOCCO. The lowest BCUT2D eigenvalue weighted by Crippen LogP contribution is -2.44. The standard InChI is InChI=1S/C30H33F3N6O5/c1-19-25(27(41)43-4)26(24-9-8-20(18-34)16-21(24)10-11-39(2,3)12-14-44-15-13-40)38-28(35-36-29(38)42)37(19)23-7-5-6-22(17-23)30(31,32)33/h5-9,16-17,26,40H,10-15H2,1-4H3/p+1/t26-/m1/s1. The molecule has 0 saturated heterocycles. The van der Waals surface area contributed by atoms with Crippen LogP contribution in [0.4, 0.5) is 24.8 Å². The molecule has 1 atom stereocenters. The van der Waals surface area contributed by atoms with Gasteiger partial charge in [-0.3, -0.25) is 4.90 Å². The van der Waals surface area contributed by atoms with Crippen LogP contribution < -0.4 is 10.6 Å². The predicted octanol–water partition coefficient (Wildman–Crippen LogP) is 3.28. The fourth-order valence-electron chi connectivity index (χ4n) is 5.25. The number of aromatic amines is 1. The summed E-state index contributed by atoms with van der Waals surface area (Å²) in [5.41, 5.74) is 0.292. The van der Waals surface area contributed by atoms with E-state index < -0.39 is 29.4 Å². The number of likely N-dealkylation sites (N-methyl/N-ethyl adjacent to an activating group) is 1. The number of carbonyl (C=O) groups is 1. The average Bonchev–Trinajstić information content (AvgIpc) is 3.37. The maximum atomic E-state index is 13.6. The van der Waals surface area contributed by atoms with Crippen LogP contribution in [0.25, 0.3) is 0 Å². The predicted molar refractivity (Wildman–Crippen MR) is 154 cm³/mol. The number of aromatic nitrogens is 3. The van der Waals surface area contributed by atoms with E-state index in [1.807, 2.05) is 14.1 Å². The molecule has 11 nitrogen and oxygen atoms in total. The van der Waals surface area contributed by atoms with Gasteiger partial charge in [-0.2, -0.15) is 18.4 Å². The zero-order valence-corrected chi connectivity index (χ0v) is 24.8. The number of allylic oxidation sites excluding steroid dienone is 1. The number of alkyl halides is 3. The third kappa shape index (κ3) is 6.70. The number of nitrogens with one attached hydrogen (secondary N) is 1. The van der Waals surface area contributed by atoms with Crippen LogP contribution in [0.15, 0.2) is 58.5 Å². The summed E-state index contributed by atoms with van der Waals surface area (Å²) in [6.07, 6.45) is -4.18. The van der Waals surface area contributed by atoms with Crippen LogP contribution in [-0.2, 0) is 26.9 Å². The molecule has 1 aliphatic rings. The van der Waals surface area contributed by atoms with Gasteiger partial charge in [0.05, 0.1) is 70.3 Å². The quantitative estimate of drug-likeness (QED) is 0.191. The molecule has 44 heavy (non-hydrogen) atoms. The number of benzene rings is 2. The second-order valence-corrected chi connectivity index (χ2v) is 11.0. The van der Waals surface area contributed by atoms with Gasteiger partial charge in [0.2, 0.25) is 5.95 Å². The van der Waals surface area contributed by atoms with Gasteiger partial charge in [0.25, 0.3) is 0 Å². The third-order valence-corrected chi connectivity index (χ3v) is 7.61. The second-order valence-electron chi connectivity index (χ2n) is 11.0. The number of fused-ring (bicyclic) bond motifs is 1. The van der Waals surface area contributed by atoms with Gasteiger partial charge >= 0.3 is 17.8 Å². The highest BCUT2D eigenvalue weighted by Crippen LogP contribution is 2.43. The van der Waals surface area contributed by atoms with Crippen LogP contribution in [0.1, 0.15) is 35.2 Å². The van der Waals surface area contributed by atoms with Gasteiger partial charge in [0.15, 0.2) is 0 Å². The van der Waals surface area contributed by atoms with Gasteiger partial charge in [-0.25, -0.2) is 19.3 Å². The van der Waals surface area contributed by atoms with Crippen molar-refractivity contribution in [1.82, 2.24) is 14.8 Å². The van der Waals surface area contributed by atoms with E-state index in [0.717, 1.165) is 12.1 Å². The Kier molecular flexibility index (Phi) is 9.62. The zero-order valence-electron chi connectivity index (χ0n) is 24.8. The van der Waals surface area contributed by atoms with Crippen molar-refractivity contribution >= 4 is 17.6 Å². The summed E-state index contributed by atoms with van der Waals surface area (Å²) in [4.78, 5) is 28.0. The number of nitriles is 1. The van der Waals surface area contributed by atoms with E-state index in [-0.39, 0.29) is 36.1 Å². The molecule has 0 amide bonds. The molecular formula is C30H34F3N6O5+. The summed E-state index contributed by atoms with van der Waals surface area (Å²) in [6, 6.07) is 10.5. The maximum Gasteiger partial charge on any atom is 0.416 e. The molecule has 0 spiro atoms. The van der Waals surface area contributed by atoms with Crippen LogP contribution in [0.3, 0.4) is 0 Å². The minimum atomic E-state index is -4.63. The van der Waals surface area contributed by atoms with Crippen molar-refractivity contribution in [3.05, 3.63) is 86.5 Å². The molecule has 2 aromatic carbocycles. The van der Waals surface area contributed by atoms with Crippen LogP contribution in [0.2, 0.25) is 0 Å². The van der Waals surface area contributed by atoms with E-state index in [2.05, 4.69) is 16.3 Å².